The maximum absolute atomic E-state index is 12.7. The van der Waals surface area contributed by atoms with Gasteiger partial charge in [-0.25, -0.2) is 4.68 Å². The number of alkyl halides is 3. The molecular weight excluding hydrogens is 340 g/mol. The number of H-pyrrole nitrogens is 1. The van der Waals surface area contributed by atoms with Crippen LogP contribution in [0.3, 0.4) is 0 Å². The summed E-state index contributed by atoms with van der Waals surface area (Å²) >= 11 is 11.8. The van der Waals surface area contributed by atoms with Crippen LogP contribution in [0.25, 0.3) is 5.69 Å². The molecule has 0 aliphatic heterocycles. The van der Waals surface area contributed by atoms with Crippen molar-refractivity contribution in [3.05, 3.63) is 49.9 Å². The number of hydrogen-bond donors (Lipinski definition) is 1. The van der Waals surface area contributed by atoms with E-state index in [9.17, 15) is 18.0 Å². The van der Waals surface area contributed by atoms with E-state index in [-0.39, 0.29) is 21.1 Å². The van der Waals surface area contributed by atoms with Crippen LogP contribution >= 0.6 is 23.2 Å². The van der Waals surface area contributed by atoms with Gasteiger partial charge in [0.15, 0.2) is 0 Å². The first-order valence-electron chi connectivity index (χ1n) is 6.30. The largest absolute Gasteiger partial charge is 0.416 e. The van der Waals surface area contributed by atoms with E-state index in [0.717, 1.165) is 16.8 Å². The monoisotopic (exact) mass is 352 g/mol. The van der Waals surface area contributed by atoms with Crippen LogP contribution in [-0.2, 0) is 11.6 Å². The Labute approximate surface area is 134 Å². The number of rotatable bonds is 1. The van der Waals surface area contributed by atoms with Gasteiger partial charge in [0.1, 0.15) is 5.69 Å². The van der Waals surface area contributed by atoms with Crippen molar-refractivity contribution < 1.29 is 13.2 Å². The molecule has 1 N–H and O–H groups in total. The summed E-state index contributed by atoms with van der Waals surface area (Å²) in [5.74, 6) is 0. The molecule has 0 saturated heterocycles. The standard InChI is InChI=1S/C14H13Cl2F3N2O/c1-13(2,3)10-6-11(22)21(20-10)12-8(15)4-7(5-9(12)16)14(17,18)19/h4-6,20H,1-3H3. The third kappa shape index (κ3) is 3.17. The lowest BCUT2D eigenvalue weighted by Gasteiger charge is -2.16. The lowest BCUT2D eigenvalue weighted by molar-refractivity contribution is -0.137. The van der Waals surface area contributed by atoms with E-state index in [1.54, 1.807) is 0 Å². The summed E-state index contributed by atoms with van der Waals surface area (Å²) < 4.78 is 39.2. The van der Waals surface area contributed by atoms with Crippen LogP contribution < -0.4 is 5.56 Å². The molecule has 1 aromatic heterocycles. The van der Waals surface area contributed by atoms with Gasteiger partial charge in [0, 0.05) is 17.2 Å². The molecular formula is C14H13Cl2F3N2O. The third-order valence-corrected chi connectivity index (χ3v) is 3.67. The van der Waals surface area contributed by atoms with Crippen molar-refractivity contribution in [1.82, 2.24) is 9.78 Å². The highest BCUT2D eigenvalue weighted by atomic mass is 35.5. The van der Waals surface area contributed by atoms with Gasteiger partial charge in [-0.1, -0.05) is 44.0 Å². The maximum atomic E-state index is 12.7. The van der Waals surface area contributed by atoms with Crippen LogP contribution in [-0.4, -0.2) is 9.78 Å². The topological polar surface area (TPSA) is 37.8 Å². The number of aromatic amines is 1. The molecule has 2 aromatic rings. The van der Waals surface area contributed by atoms with Crippen LogP contribution in [0.15, 0.2) is 23.0 Å². The lowest BCUT2D eigenvalue weighted by atomic mass is 9.93. The lowest BCUT2D eigenvalue weighted by Crippen LogP contribution is -2.16. The first-order chi connectivity index (χ1) is 9.91. The summed E-state index contributed by atoms with van der Waals surface area (Å²) in [5.41, 5.74) is -1.15. The molecule has 1 aromatic carbocycles. The van der Waals surface area contributed by atoms with Crippen molar-refractivity contribution in [3.63, 3.8) is 0 Å². The molecule has 0 fully saturated rings. The number of benzene rings is 1. The fourth-order valence-electron chi connectivity index (χ4n) is 1.89. The van der Waals surface area contributed by atoms with E-state index >= 15 is 0 Å². The van der Waals surface area contributed by atoms with Gasteiger partial charge in [-0.05, 0) is 12.1 Å². The average molecular weight is 353 g/mol. The summed E-state index contributed by atoms with van der Waals surface area (Å²) in [6.45, 7) is 5.66. The van der Waals surface area contributed by atoms with Gasteiger partial charge in [-0.2, -0.15) is 13.2 Å². The summed E-state index contributed by atoms with van der Waals surface area (Å²) in [7, 11) is 0. The van der Waals surface area contributed by atoms with Crippen LogP contribution in [0.1, 0.15) is 32.0 Å². The Morgan fingerprint density at radius 3 is 1.91 bits per heavy atom. The molecule has 0 spiro atoms. The molecule has 0 aliphatic rings. The zero-order valence-electron chi connectivity index (χ0n) is 12.0. The predicted octanol–water partition coefficient (Wildman–Crippen LogP) is 4.79. The second kappa shape index (κ2) is 5.35. The summed E-state index contributed by atoms with van der Waals surface area (Å²) in [6, 6.07) is 2.85. The van der Waals surface area contributed by atoms with Crippen molar-refractivity contribution in [1.29, 1.82) is 0 Å². The fourth-order valence-corrected chi connectivity index (χ4v) is 2.55. The van der Waals surface area contributed by atoms with Crippen molar-refractivity contribution >= 4 is 23.2 Å². The highest BCUT2D eigenvalue weighted by Gasteiger charge is 2.32. The second-order valence-electron chi connectivity index (χ2n) is 5.88. The van der Waals surface area contributed by atoms with E-state index in [2.05, 4.69) is 5.10 Å². The number of nitrogens with zero attached hydrogens (tertiary/aromatic N) is 1. The first kappa shape index (κ1) is 17.0. The molecule has 0 aliphatic carbocycles. The number of aromatic nitrogens is 2. The van der Waals surface area contributed by atoms with Crippen molar-refractivity contribution in [3.8, 4) is 5.69 Å². The molecule has 0 unspecified atom stereocenters. The zero-order chi connectivity index (χ0) is 16.9. The Bertz CT molecular complexity index is 747. The Kier molecular flexibility index (Phi) is 4.13. The van der Waals surface area contributed by atoms with Crippen LogP contribution in [0.4, 0.5) is 13.2 Å². The molecule has 2 rings (SSSR count). The van der Waals surface area contributed by atoms with Crippen LogP contribution in [0, 0.1) is 0 Å². The summed E-state index contributed by atoms with van der Waals surface area (Å²) in [4.78, 5) is 12.1. The normalized spacial score (nSPS) is 12.7. The van der Waals surface area contributed by atoms with Gasteiger partial charge in [-0.15, -0.1) is 0 Å². The van der Waals surface area contributed by atoms with Crippen molar-refractivity contribution in [2.24, 2.45) is 0 Å². The fraction of sp³-hybridized carbons (Fsp3) is 0.357. The van der Waals surface area contributed by atoms with Crippen molar-refractivity contribution in [2.45, 2.75) is 32.4 Å². The molecule has 0 bridgehead atoms. The smallest absolute Gasteiger partial charge is 0.294 e. The summed E-state index contributed by atoms with van der Waals surface area (Å²) in [5, 5.41) is 2.31. The number of halogens is 5. The minimum atomic E-state index is -4.57. The van der Waals surface area contributed by atoms with E-state index in [1.807, 2.05) is 20.8 Å². The van der Waals surface area contributed by atoms with E-state index in [1.165, 1.54) is 6.07 Å². The highest BCUT2D eigenvalue weighted by Crippen LogP contribution is 2.37. The Hall–Kier alpha value is -1.40. The molecule has 0 radical (unpaired) electrons. The number of nitrogens with one attached hydrogen (secondary N) is 1. The summed E-state index contributed by atoms with van der Waals surface area (Å²) in [6.07, 6.45) is -4.57. The number of hydrogen-bond acceptors (Lipinski definition) is 1. The van der Waals surface area contributed by atoms with Crippen molar-refractivity contribution in [2.75, 3.05) is 0 Å². The molecule has 22 heavy (non-hydrogen) atoms. The Morgan fingerprint density at radius 2 is 1.55 bits per heavy atom. The van der Waals surface area contributed by atoms with E-state index in [0.29, 0.717) is 5.69 Å². The van der Waals surface area contributed by atoms with Gasteiger partial charge >= 0.3 is 6.18 Å². The quantitative estimate of drug-likeness (QED) is 0.787. The first-order valence-corrected chi connectivity index (χ1v) is 7.06. The van der Waals surface area contributed by atoms with E-state index in [4.69, 9.17) is 23.2 Å². The molecule has 120 valence electrons. The van der Waals surface area contributed by atoms with Gasteiger partial charge in [0.25, 0.3) is 5.56 Å². The molecule has 1 heterocycles. The van der Waals surface area contributed by atoms with Crippen LogP contribution in [0.2, 0.25) is 10.0 Å². The molecule has 0 atom stereocenters. The Morgan fingerprint density at radius 1 is 1.05 bits per heavy atom. The van der Waals surface area contributed by atoms with Gasteiger partial charge in [-0.3, -0.25) is 9.89 Å². The van der Waals surface area contributed by atoms with Gasteiger partial charge in [0.2, 0.25) is 0 Å². The third-order valence-electron chi connectivity index (χ3n) is 3.10. The molecule has 8 heteroatoms. The van der Waals surface area contributed by atoms with Gasteiger partial charge in [0.05, 0.1) is 15.6 Å². The maximum Gasteiger partial charge on any atom is 0.416 e. The molecule has 0 amide bonds. The molecule has 3 nitrogen and oxygen atoms in total. The predicted molar refractivity (Wildman–Crippen MR) is 80.1 cm³/mol. The highest BCUT2D eigenvalue weighted by molar-refractivity contribution is 6.37. The minimum Gasteiger partial charge on any atom is -0.294 e. The Balaban J connectivity index is 2.65. The molecule has 0 saturated carbocycles. The minimum absolute atomic E-state index is 0.00293. The SMILES string of the molecule is CC(C)(C)c1cc(=O)n(-c2c(Cl)cc(C(F)(F)F)cc2Cl)[nH]1. The zero-order valence-corrected chi connectivity index (χ0v) is 13.5. The van der Waals surface area contributed by atoms with Crippen LogP contribution in [0.5, 0.6) is 0 Å². The van der Waals surface area contributed by atoms with Gasteiger partial charge < -0.3 is 0 Å². The van der Waals surface area contributed by atoms with E-state index < -0.39 is 17.3 Å². The second-order valence-corrected chi connectivity index (χ2v) is 6.69. The average Bonchev–Trinajstić information content (AvgIpc) is 2.69.